The predicted molar refractivity (Wildman–Crippen MR) is 140 cm³/mol. The van der Waals surface area contributed by atoms with E-state index in [-0.39, 0.29) is 35.3 Å². The van der Waals surface area contributed by atoms with E-state index in [1.54, 1.807) is 29.3 Å². The Hall–Kier alpha value is -3.78. The largest absolute Gasteiger partial charge is 0.431 e. The quantitative estimate of drug-likeness (QED) is 0.268. The summed E-state index contributed by atoms with van der Waals surface area (Å²) in [6.45, 7) is 0. The molecule has 1 aromatic heterocycles. The second-order valence-corrected chi connectivity index (χ2v) is 10.1. The maximum absolute atomic E-state index is 13.7. The first kappa shape index (κ1) is 23.6. The SMILES string of the molecule is O=C(CSc1nc2ccccc2o1)N1N=C2/C(=C\c3ccc(F)cc3)CCC[C@H]2[C@@H]1c1ccc(F)cc1. The molecule has 0 unspecified atom stereocenters. The molecule has 8 heteroatoms. The summed E-state index contributed by atoms with van der Waals surface area (Å²) >= 11 is 1.23. The summed E-state index contributed by atoms with van der Waals surface area (Å²) in [5.74, 6) is -0.696. The number of benzene rings is 3. The van der Waals surface area contributed by atoms with Crippen molar-refractivity contribution in [2.75, 3.05) is 5.75 Å². The third kappa shape index (κ3) is 4.81. The molecule has 2 heterocycles. The van der Waals surface area contributed by atoms with Crippen LogP contribution in [0.2, 0.25) is 0 Å². The highest BCUT2D eigenvalue weighted by atomic mass is 32.2. The van der Waals surface area contributed by atoms with E-state index in [1.807, 2.05) is 30.3 Å². The fourth-order valence-corrected chi connectivity index (χ4v) is 5.75. The molecule has 37 heavy (non-hydrogen) atoms. The molecule has 2 aliphatic rings. The summed E-state index contributed by atoms with van der Waals surface area (Å²) in [4.78, 5) is 18.0. The summed E-state index contributed by atoms with van der Waals surface area (Å²) in [5, 5.41) is 6.81. The van der Waals surface area contributed by atoms with Gasteiger partial charge in [0.1, 0.15) is 17.2 Å². The van der Waals surface area contributed by atoms with Gasteiger partial charge in [-0.25, -0.2) is 18.8 Å². The van der Waals surface area contributed by atoms with E-state index in [4.69, 9.17) is 9.52 Å². The van der Waals surface area contributed by atoms with Crippen LogP contribution in [0.3, 0.4) is 0 Å². The molecular formula is C29H23F2N3O2S. The Morgan fingerprint density at radius 3 is 2.51 bits per heavy atom. The van der Waals surface area contributed by atoms with E-state index in [2.05, 4.69) is 4.98 Å². The molecule has 0 saturated heterocycles. The number of carbonyl (C=O) groups is 1. The summed E-state index contributed by atoms with van der Waals surface area (Å²) in [5.41, 5.74) is 5.04. The fourth-order valence-electron chi connectivity index (χ4n) is 5.06. The van der Waals surface area contributed by atoms with Crippen LogP contribution < -0.4 is 0 Å². The molecule has 186 valence electrons. The lowest BCUT2D eigenvalue weighted by molar-refractivity contribution is -0.130. The molecule has 1 amide bonds. The molecule has 2 atom stereocenters. The Morgan fingerprint density at radius 2 is 1.76 bits per heavy atom. The number of oxazole rings is 1. The minimum absolute atomic E-state index is 0.0100. The van der Waals surface area contributed by atoms with Crippen LogP contribution in [0.1, 0.15) is 36.4 Å². The van der Waals surface area contributed by atoms with Crippen LogP contribution in [0.4, 0.5) is 8.78 Å². The maximum Gasteiger partial charge on any atom is 0.257 e. The molecule has 4 aromatic rings. The molecular weight excluding hydrogens is 492 g/mol. The van der Waals surface area contributed by atoms with E-state index in [0.717, 1.165) is 47.2 Å². The van der Waals surface area contributed by atoms with Gasteiger partial charge in [0.15, 0.2) is 5.58 Å². The van der Waals surface area contributed by atoms with Crippen molar-refractivity contribution < 1.29 is 18.0 Å². The molecule has 3 aromatic carbocycles. The zero-order valence-corrected chi connectivity index (χ0v) is 20.6. The maximum atomic E-state index is 13.7. The Kier molecular flexibility index (Phi) is 6.34. The van der Waals surface area contributed by atoms with Crippen molar-refractivity contribution in [3.63, 3.8) is 0 Å². The second kappa shape index (κ2) is 9.94. The zero-order valence-electron chi connectivity index (χ0n) is 19.8. The van der Waals surface area contributed by atoms with Gasteiger partial charge in [0, 0.05) is 5.92 Å². The first-order chi connectivity index (χ1) is 18.0. The van der Waals surface area contributed by atoms with Crippen molar-refractivity contribution in [1.29, 1.82) is 0 Å². The topological polar surface area (TPSA) is 58.7 Å². The lowest BCUT2D eigenvalue weighted by atomic mass is 9.77. The van der Waals surface area contributed by atoms with E-state index in [0.29, 0.717) is 10.8 Å². The van der Waals surface area contributed by atoms with Crippen LogP contribution in [-0.4, -0.2) is 27.4 Å². The number of amides is 1. The van der Waals surface area contributed by atoms with Gasteiger partial charge in [-0.05, 0) is 78.4 Å². The summed E-state index contributed by atoms with van der Waals surface area (Å²) in [6.07, 6.45) is 4.65. The number of para-hydroxylation sites is 2. The lowest BCUT2D eigenvalue weighted by Gasteiger charge is -2.29. The Bertz CT molecular complexity index is 1480. The first-order valence-electron chi connectivity index (χ1n) is 12.2. The minimum atomic E-state index is -0.329. The number of hydrogen-bond donors (Lipinski definition) is 0. The van der Waals surface area contributed by atoms with Crippen LogP contribution in [-0.2, 0) is 4.79 Å². The summed E-state index contributed by atoms with van der Waals surface area (Å²) in [6, 6.07) is 19.8. The standard InChI is InChI=1S/C29H23F2N3O2S/c30-21-12-8-18(9-13-21)16-20-4-3-5-23-27(20)33-34(28(23)19-10-14-22(31)15-11-19)26(35)17-37-29-32-24-6-1-2-7-25(24)36-29/h1-2,6-16,23,28H,3-5,17H2/b20-16-/t23-,28+/m1/s1. The molecule has 1 saturated carbocycles. The molecule has 1 aliphatic carbocycles. The normalized spacial score (nSPS) is 20.3. The molecule has 1 fully saturated rings. The molecule has 0 bridgehead atoms. The number of rotatable bonds is 5. The number of allylic oxidation sites excluding steroid dienone is 1. The predicted octanol–water partition coefficient (Wildman–Crippen LogP) is 7.02. The van der Waals surface area contributed by atoms with Crippen LogP contribution in [0.5, 0.6) is 0 Å². The van der Waals surface area contributed by atoms with Gasteiger partial charge in [-0.15, -0.1) is 0 Å². The van der Waals surface area contributed by atoms with Gasteiger partial charge >= 0.3 is 0 Å². The number of aromatic nitrogens is 1. The van der Waals surface area contributed by atoms with Crippen molar-refractivity contribution in [3.05, 3.63) is 101 Å². The minimum Gasteiger partial charge on any atom is -0.431 e. The first-order valence-corrected chi connectivity index (χ1v) is 13.1. The van der Waals surface area contributed by atoms with E-state index in [9.17, 15) is 13.6 Å². The number of thioether (sulfide) groups is 1. The van der Waals surface area contributed by atoms with Gasteiger partial charge in [0.05, 0.1) is 17.5 Å². The molecule has 0 radical (unpaired) electrons. The fraction of sp³-hybridized carbons (Fsp3) is 0.207. The highest BCUT2D eigenvalue weighted by Crippen LogP contribution is 2.44. The highest BCUT2D eigenvalue weighted by molar-refractivity contribution is 7.99. The smallest absolute Gasteiger partial charge is 0.257 e. The van der Waals surface area contributed by atoms with Gasteiger partial charge in [-0.1, -0.05) is 48.2 Å². The number of hydrogen-bond acceptors (Lipinski definition) is 5. The zero-order chi connectivity index (χ0) is 25.4. The highest BCUT2D eigenvalue weighted by Gasteiger charge is 2.43. The number of fused-ring (bicyclic) bond motifs is 2. The third-order valence-electron chi connectivity index (χ3n) is 6.77. The van der Waals surface area contributed by atoms with Crippen LogP contribution in [0.25, 0.3) is 17.2 Å². The van der Waals surface area contributed by atoms with Gasteiger partial charge in [-0.3, -0.25) is 4.79 Å². The van der Waals surface area contributed by atoms with Crippen LogP contribution >= 0.6 is 11.8 Å². The van der Waals surface area contributed by atoms with Gasteiger partial charge in [0.25, 0.3) is 11.1 Å². The van der Waals surface area contributed by atoms with Gasteiger partial charge in [-0.2, -0.15) is 5.10 Å². The van der Waals surface area contributed by atoms with E-state index >= 15 is 0 Å². The third-order valence-corrected chi connectivity index (χ3v) is 7.59. The summed E-state index contributed by atoms with van der Waals surface area (Å²) < 4.78 is 32.9. The molecule has 0 N–H and O–H groups in total. The molecule has 6 rings (SSSR count). The molecule has 0 spiro atoms. The van der Waals surface area contributed by atoms with Crippen molar-refractivity contribution >= 4 is 40.6 Å². The Balaban J connectivity index is 1.31. The van der Waals surface area contributed by atoms with Crippen LogP contribution in [0.15, 0.2) is 93.1 Å². The second-order valence-electron chi connectivity index (χ2n) is 9.18. The van der Waals surface area contributed by atoms with Gasteiger partial charge in [0.2, 0.25) is 0 Å². The van der Waals surface area contributed by atoms with Crippen molar-refractivity contribution in [3.8, 4) is 0 Å². The number of halogens is 2. The van der Waals surface area contributed by atoms with Gasteiger partial charge < -0.3 is 4.42 Å². The monoisotopic (exact) mass is 515 g/mol. The van der Waals surface area contributed by atoms with Crippen molar-refractivity contribution in [1.82, 2.24) is 9.99 Å². The number of hydrazone groups is 1. The Labute approximate surface area is 216 Å². The van der Waals surface area contributed by atoms with E-state index in [1.165, 1.54) is 36.0 Å². The summed E-state index contributed by atoms with van der Waals surface area (Å²) in [7, 11) is 0. The Morgan fingerprint density at radius 1 is 1.03 bits per heavy atom. The number of nitrogens with zero attached hydrogens (tertiary/aromatic N) is 3. The van der Waals surface area contributed by atoms with E-state index < -0.39 is 0 Å². The molecule has 1 aliphatic heterocycles. The average molecular weight is 516 g/mol. The van der Waals surface area contributed by atoms with Crippen LogP contribution in [0, 0.1) is 17.6 Å². The number of carbonyl (C=O) groups excluding carboxylic acids is 1. The lowest BCUT2D eigenvalue weighted by Crippen LogP contribution is -2.32. The average Bonchev–Trinajstić information content (AvgIpc) is 3.51. The molecule has 5 nitrogen and oxygen atoms in total. The van der Waals surface area contributed by atoms with Crippen molar-refractivity contribution in [2.24, 2.45) is 11.0 Å². The van der Waals surface area contributed by atoms with Crippen molar-refractivity contribution in [2.45, 2.75) is 30.5 Å².